The SMILES string of the molecule is O=C(NCCNS(=O)(=O)Cc1ccccc1Cl)c1ccccc1. The number of benzene rings is 2. The van der Waals surface area contributed by atoms with E-state index in [2.05, 4.69) is 10.0 Å². The van der Waals surface area contributed by atoms with Gasteiger partial charge in [-0.2, -0.15) is 0 Å². The van der Waals surface area contributed by atoms with Crippen LogP contribution in [0.15, 0.2) is 54.6 Å². The van der Waals surface area contributed by atoms with Gasteiger partial charge in [-0.1, -0.05) is 48.0 Å². The Morgan fingerprint density at radius 1 is 0.957 bits per heavy atom. The first-order valence-corrected chi connectivity index (χ1v) is 9.05. The van der Waals surface area contributed by atoms with Crippen molar-refractivity contribution < 1.29 is 13.2 Å². The van der Waals surface area contributed by atoms with Crippen molar-refractivity contribution in [2.75, 3.05) is 13.1 Å². The maximum Gasteiger partial charge on any atom is 0.251 e. The van der Waals surface area contributed by atoms with E-state index in [1.807, 2.05) is 6.07 Å². The molecule has 1 amide bonds. The summed E-state index contributed by atoms with van der Waals surface area (Å²) in [4.78, 5) is 11.8. The van der Waals surface area contributed by atoms with Crippen LogP contribution in [-0.2, 0) is 15.8 Å². The zero-order valence-corrected chi connectivity index (χ0v) is 13.9. The van der Waals surface area contributed by atoms with Crippen molar-refractivity contribution >= 4 is 27.5 Å². The van der Waals surface area contributed by atoms with Crippen LogP contribution < -0.4 is 10.0 Å². The molecule has 0 radical (unpaired) electrons. The minimum Gasteiger partial charge on any atom is -0.351 e. The Labute approximate surface area is 140 Å². The number of nitrogens with one attached hydrogen (secondary N) is 2. The predicted octanol–water partition coefficient (Wildman–Crippen LogP) is 2.19. The molecule has 122 valence electrons. The Balaban J connectivity index is 1.79. The highest BCUT2D eigenvalue weighted by molar-refractivity contribution is 7.88. The second-order valence-corrected chi connectivity index (χ2v) is 7.08. The van der Waals surface area contributed by atoms with Gasteiger partial charge < -0.3 is 5.32 Å². The van der Waals surface area contributed by atoms with Crippen molar-refractivity contribution in [2.24, 2.45) is 0 Å². The minimum atomic E-state index is -3.51. The summed E-state index contributed by atoms with van der Waals surface area (Å²) in [5, 5.41) is 3.07. The Hall–Kier alpha value is -1.89. The first-order valence-electron chi connectivity index (χ1n) is 7.02. The molecule has 2 rings (SSSR count). The number of rotatable bonds is 7. The van der Waals surface area contributed by atoms with Gasteiger partial charge in [0.2, 0.25) is 10.0 Å². The third kappa shape index (κ3) is 5.67. The van der Waals surface area contributed by atoms with Crippen LogP contribution in [0.4, 0.5) is 0 Å². The van der Waals surface area contributed by atoms with E-state index >= 15 is 0 Å². The van der Waals surface area contributed by atoms with Gasteiger partial charge in [0.25, 0.3) is 5.91 Å². The Bertz CT molecular complexity index is 764. The molecular weight excluding hydrogens is 336 g/mol. The van der Waals surface area contributed by atoms with Crippen molar-refractivity contribution in [2.45, 2.75) is 5.75 Å². The maximum atomic E-state index is 12.0. The van der Waals surface area contributed by atoms with E-state index in [-0.39, 0.29) is 24.7 Å². The second kappa shape index (κ2) is 8.10. The quantitative estimate of drug-likeness (QED) is 0.750. The van der Waals surface area contributed by atoms with Gasteiger partial charge >= 0.3 is 0 Å². The van der Waals surface area contributed by atoms with Gasteiger partial charge in [0.1, 0.15) is 0 Å². The summed E-state index contributed by atoms with van der Waals surface area (Å²) >= 11 is 5.95. The average Bonchev–Trinajstić information content (AvgIpc) is 2.54. The molecule has 2 aromatic carbocycles. The molecule has 0 fully saturated rings. The molecule has 2 N–H and O–H groups in total. The molecule has 2 aromatic rings. The molecule has 23 heavy (non-hydrogen) atoms. The number of halogens is 1. The molecule has 0 saturated carbocycles. The van der Waals surface area contributed by atoms with Gasteiger partial charge in [-0.05, 0) is 23.8 Å². The van der Waals surface area contributed by atoms with Gasteiger partial charge in [0.15, 0.2) is 0 Å². The van der Waals surface area contributed by atoms with Crippen molar-refractivity contribution in [1.29, 1.82) is 0 Å². The van der Waals surface area contributed by atoms with Gasteiger partial charge in [-0.25, -0.2) is 13.1 Å². The molecule has 0 aliphatic rings. The number of amides is 1. The van der Waals surface area contributed by atoms with Crippen LogP contribution in [0.5, 0.6) is 0 Å². The molecule has 0 aliphatic heterocycles. The Morgan fingerprint density at radius 3 is 2.30 bits per heavy atom. The summed E-state index contributed by atoms with van der Waals surface area (Å²) in [5.74, 6) is -0.435. The zero-order chi connectivity index (χ0) is 16.7. The smallest absolute Gasteiger partial charge is 0.251 e. The fraction of sp³-hybridized carbons (Fsp3) is 0.188. The maximum absolute atomic E-state index is 12.0. The lowest BCUT2D eigenvalue weighted by atomic mass is 10.2. The molecule has 0 spiro atoms. The zero-order valence-electron chi connectivity index (χ0n) is 12.3. The van der Waals surface area contributed by atoms with Crippen LogP contribution >= 0.6 is 11.6 Å². The van der Waals surface area contributed by atoms with Crippen molar-refractivity contribution in [1.82, 2.24) is 10.0 Å². The van der Waals surface area contributed by atoms with Crippen molar-refractivity contribution in [3.05, 3.63) is 70.7 Å². The lowest BCUT2D eigenvalue weighted by molar-refractivity contribution is 0.0954. The van der Waals surface area contributed by atoms with E-state index in [4.69, 9.17) is 11.6 Å². The molecule has 0 bridgehead atoms. The molecule has 0 heterocycles. The van der Waals surface area contributed by atoms with Crippen molar-refractivity contribution in [3.63, 3.8) is 0 Å². The van der Waals surface area contributed by atoms with Crippen LogP contribution in [0.3, 0.4) is 0 Å². The summed E-state index contributed by atoms with van der Waals surface area (Å²) in [5.41, 5.74) is 1.07. The highest BCUT2D eigenvalue weighted by atomic mass is 35.5. The van der Waals surface area contributed by atoms with Gasteiger partial charge in [0, 0.05) is 23.7 Å². The highest BCUT2D eigenvalue weighted by Crippen LogP contribution is 2.16. The Morgan fingerprint density at radius 2 is 1.61 bits per heavy atom. The van der Waals surface area contributed by atoms with Gasteiger partial charge in [0.05, 0.1) is 5.75 Å². The van der Waals surface area contributed by atoms with E-state index in [9.17, 15) is 13.2 Å². The summed E-state index contributed by atoms with van der Waals surface area (Å²) in [6, 6.07) is 15.5. The third-order valence-electron chi connectivity index (χ3n) is 3.07. The standard InChI is InChI=1S/C16H17ClN2O3S/c17-15-9-5-4-8-14(15)12-23(21,22)19-11-10-18-16(20)13-6-2-1-3-7-13/h1-9,19H,10-12H2,(H,18,20). The summed E-state index contributed by atoms with van der Waals surface area (Å²) in [6.45, 7) is 0.320. The van der Waals surface area contributed by atoms with Gasteiger partial charge in [-0.15, -0.1) is 0 Å². The van der Waals surface area contributed by atoms with Crippen LogP contribution in [0, 0.1) is 0 Å². The molecule has 0 aromatic heterocycles. The molecule has 0 atom stereocenters. The molecule has 0 unspecified atom stereocenters. The highest BCUT2D eigenvalue weighted by Gasteiger charge is 2.13. The topological polar surface area (TPSA) is 75.3 Å². The molecular formula is C16H17ClN2O3S. The van der Waals surface area contributed by atoms with E-state index in [1.165, 1.54) is 0 Å². The van der Waals surface area contributed by atoms with Crippen molar-refractivity contribution in [3.8, 4) is 0 Å². The lowest BCUT2D eigenvalue weighted by Crippen LogP contribution is -2.35. The van der Waals surface area contributed by atoms with Crippen LogP contribution in [0.25, 0.3) is 0 Å². The van der Waals surface area contributed by atoms with E-state index in [1.54, 1.807) is 48.5 Å². The van der Waals surface area contributed by atoms with E-state index in [0.717, 1.165) is 0 Å². The molecule has 0 saturated heterocycles. The van der Waals surface area contributed by atoms with Crippen LogP contribution in [0.2, 0.25) is 5.02 Å². The number of hydrogen-bond donors (Lipinski definition) is 2. The summed E-state index contributed by atoms with van der Waals surface area (Å²) in [6.07, 6.45) is 0. The Kier molecular flexibility index (Phi) is 6.15. The first kappa shape index (κ1) is 17.5. The molecule has 0 aliphatic carbocycles. The number of sulfonamides is 1. The fourth-order valence-corrected chi connectivity index (χ4v) is 3.40. The second-order valence-electron chi connectivity index (χ2n) is 4.87. The average molecular weight is 353 g/mol. The number of carbonyl (C=O) groups excluding carboxylic acids is 1. The molecule has 7 heteroatoms. The minimum absolute atomic E-state index is 0.116. The molecule has 5 nitrogen and oxygen atoms in total. The van der Waals surface area contributed by atoms with Crippen LogP contribution in [-0.4, -0.2) is 27.4 Å². The largest absolute Gasteiger partial charge is 0.351 e. The third-order valence-corrected chi connectivity index (χ3v) is 4.78. The number of carbonyl (C=O) groups is 1. The van der Waals surface area contributed by atoms with E-state index < -0.39 is 10.0 Å². The monoisotopic (exact) mass is 352 g/mol. The van der Waals surface area contributed by atoms with Crippen LogP contribution in [0.1, 0.15) is 15.9 Å². The predicted molar refractivity (Wildman–Crippen MR) is 90.9 cm³/mol. The normalized spacial score (nSPS) is 11.2. The fourth-order valence-electron chi connectivity index (χ4n) is 1.95. The first-order chi connectivity index (χ1) is 11.0. The summed E-state index contributed by atoms with van der Waals surface area (Å²) < 4.78 is 26.4. The van der Waals surface area contributed by atoms with E-state index in [0.29, 0.717) is 16.1 Å². The summed E-state index contributed by atoms with van der Waals surface area (Å²) in [7, 11) is -3.51. The van der Waals surface area contributed by atoms with Gasteiger partial charge in [-0.3, -0.25) is 4.79 Å². The number of hydrogen-bond acceptors (Lipinski definition) is 3. The lowest BCUT2D eigenvalue weighted by Gasteiger charge is -2.09.